The van der Waals surface area contributed by atoms with Gasteiger partial charge in [-0.05, 0) is 12.5 Å². The highest BCUT2D eigenvalue weighted by atomic mass is 16.5. The summed E-state index contributed by atoms with van der Waals surface area (Å²) in [7, 11) is 1.66. The Morgan fingerprint density at radius 2 is 2.50 bits per heavy atom. The number of ether oxygens (including phenoxy) is 1. The molecule has 0 fully saturated rings. The Morgan fingerprint density at radius 3 is 3.07 bits per heavy atom. The lowest BCUT2D eigenvalue weighted by Gasteiger charge is -2.15. The molecular formula is C10H17NO3. The smallest absolute Gasteiger partial charge is 0.0947 e. The average molecular weight is 199 g/mol. The van der Waals surface area contributed by atoms with Crippen LogP contribution in [-0.4, -0.2) is 31.5 Å². The number of nitrogens with one attached hydrogen (secondary N) is 1. The molecule has 0 bridgehead atoms. The molecule has 1 aromatic heterocycles. The van der Waals surface area contributed by atoms with Crippen molar-refractivity contribution in [1.29, 1.82) is 0 Å². The first-order valence-corrected chi connectivity index (χ1v) is 4.71. The van der Waals surface area contributed by atoms with E-state index >= 15 is 0 Å². The van der Waals surface area contributed by atoms with Crippen LogP contribution in [-0.2, 0) is 11.3 Å². The molecule has 4 nitrogen and oxygen atoms in total. The monoisotopic (exact) mass is 199 g/mol. The van der Waals surface area contributed by atoms with Crippen molar-refractivity contribution in [3.63, 3.8) is 0 Å². The number of aliphatic hydroxyl groups is 1. The quantitative estimate of drug-likeness (QED) is 0.681. The third-order valence-corrected chi connectivity index (χ3v) is 2.02. The van der Waals surface area contributed by atoms with Crippen LogP contribution in [0.25, 0.3) is 0 Å². The van der Waals surface area contributed by atoms with E-state index in [0.717, 1.165) is 12.1 Å². The second-order valence-corrected chi connectivity index (χ2v) is 3.18. The van der Waals surface area contributed by atoms with Gasteiger partial charge in [0, 0.05) is 31.9 Å². The highest BCUT2D eigenvalue weighted by Crippen LogP contribution is 2.01. The molecule has 0 aromatic carbocycles. The van der Waals surface area contributed by atoms with E-state index in [1.54, 1.807) is 19.6 Å². The zero-order valence-corrected chi connectivity index (χ0v) is 8.40. The minimum Gasteiger partial charge on any atom is -0.472 e. The van der Waals surface area contributed by atoms with Crippen molar-refractivity contribution < 1.29 is 14.3 Å². The van der Waals surface area contributed by atoms with E-state index in [9.17, 15) is 0 Å². The largest absolute Gasteiger partial charge is 0.472 e. The van der Waals surface area contributed by atoms with Crippen LogP contribution in [0.5, 0.6) is 0 Å². The van der Waals surface area contributed by atoms with Crippen LogP contribution in [0.2, 0.25) is 0 Å². The van der Waals surface area contributed by atoms with Gasteiger partial charge in [-0.2, -0.15) is 0 Å². The fraction of sp³-hybridized carbons (Fsp3) is 0.600. The fourth-order valence-electron chi connectivity index (χ4n) is 1.26. The predicted molar refractivity (Wildman–Crippen MR) is 52.9 cm³/mol. The zero-order valence-electron chi connectivity index (χ0n) is 8.40. The summed E-state index contributed by atoms with van der Waals surface area (Å²) in [5.41, 5.74) is 1.10. The van der Waals surface area contributed by atoms with E-state index in [-0.39, 0.29) is 12.6 Å². The molecule has 1 aromatic rings. The molecule has 2 N–H and O–H groups in total. The summed E-state index contributed by atoms with van der Waals surface area (Å²) in [4.78, 5) is 0. The topological polar surface area (TPSA) is 54.6 Å². The van der Waals surface area contributed by atoms with Gasteiger partial charge < -0.3 is 19.6 Å². The van der Waals surface area contributed by atoms with Gasteiger partial charge in [0.15, 0.2) is 0 Å². The lowest BCUT2D eigenvalue weighted by molar-refractivity contribution is 0.148. The van der Waals surface area contributed by atoms with Crippen molar-refractivity contribution in [3.05, 3.63) is 24.2 Å². The molecule has 0 saturated heterocycles. The lowest BCUT2D eigenvalue weighted by Crippen LogP contribution is -2.33. The summed E-state index contributed by atoms with van der Waals surface area (Å²) >= 11 is 0. The van der Waals surface area contributed by atoms with Gasteiger partial charge in [-0.25, -0.2) is 0 Å². The number of hydrogen-bond donors (Lipinski definition) is 2. The first-order valence-electron chi connectivity index (χ1n) is 4.71. The molecule has 1 heterocycles. The SMILES string of the molecule is COCC(CCO)NCc1ccoc1. The van der Waals surface area contributed by atoms with Crippen LogP contribution in [0.4, 0.5) is 0 Å². The van der Waals surface area contributed by atoms with Gasteiger partial charge in [0.2, 0.25) is 0 Å². The Hall–Kier alpha value is -0.840. The molecule has 1 unspecified atom stereocenters. The Bertz CT molecular complexity index is 217. The zero-order chi connectivity index (χ0) is 10.2. The van der Waals surface area contributed by atoms with Gasteiger partial charge in [0.1, 0.15) is 0 Å². The first-order chi connectivity index (χ1) is 6.86. The van der Waals surface area contributed by atoms with Crippen LogP contribution in [0.15, 0.2) is 23.0 Å². The molecule has 0 saturated carbocycles. The van der Waals surface area contributed by atoms with Crippen molar-refractivity contribution in [2.45, 2.75) is 19.0 Å². The molecular weight excluding hydrogens is 182 g/mol. The number of aliphatic hydroxyl groups excluding tert-OH is 1. The highest BCUT2D eigenvalue weighted by Gasteiger charge is 2.06. The van der Waals surface area contributed by atoms with Gasteiger partial charge in [-0.3, -0.25) is 0 Å². The Balaban J connectivity index is 2.25. The predicted octanol–water partition coefficient (Wildman–Crippen LogP) is 0.767. The third kappa shape index (κ3) is 3.91. The minimum absolute atomic E-state index is 0.173. The molecule has 0 radical (unpaired) electrons. The van der Waals surface area contributed by atoms with Crippen molar-refractivity contribution >= 4 is 0 Å². The van der Waals surface area contributed by atoms with Crippen molar-refractivity contribution in [1.82, 2.24) is 5.32 Å². The van der Waals surface area contributed by atoms with E-state index in [0.29, 0.717) is 13.0 Å². The summed E-state index contributed by atoms with van der Waals surface area (Å²) in [5, 5.41) is 12.1. The second-order valence-electron chi connectivity index (χ2n) is 3.18. The van der Waals surface area contributed by atoms with E-state index in [1.165, 1.54) is 0 Å². The van der Waals surface area contributed by atoms with Gasteiger partial charge in [-0.1, -0.05) is 0 Å². The van der Waals surface area contributed by atoms with Gasteiger partial charge in [0.05, 0.1) is 19.1 Å². The summed E-state index contributed by atoms with van der Waals surface area (Å²) in [6, 6.07) is 2.11. The van der Waals surface area contributed by atoms with Crippen LogP contribution in [0, 0.1) is 0 Å². The molecule has 0 aliphatic carbocycles. The lowest BCUT2D eigenvalue weighted by atomic mass is 10.2. The molecule has 1 atom stereocenters. The number of furan rings is 1. The number of hydrogen-bond acceptors (Lipinski definition) is 4. The minimum atomic E-state index is 0.173. The van der Waals surface area contributed by atoms with Crippen LogP contribution < -0.4 is 5.32 Å². The molecule has 4 heteroatoms. The molecule has 0 amide bonds. The summed E-state index contributed by atoms with van der Waals surface area (Å²) in [6.07, 6.45) is 4.05. The van der Waals surface area contributed by atoms with Crippen LogP contribution >= 0.6 is 0 Å². The summed E-state index contributed by atoms with van der Waals surface area (Å²) < 4.78 is 9.98. The van der Waals surface area contributed by atoms with Gasteiger partial charge >= 0.3 is 0 Å². The third-order valence-electron chi connectivity index (χ3n) is 2.02. The Kier molecular flexibility index (Phi) is 5.29. The first kappa shape index (κ1) is 11.2. The van der Waals surface area contributed by atoms with Crippen LogP contribution in [0.3, 0.4) is 0 Å². The Labute approximate surface area is 83.9 Å². The van der Waals surface area contributed by atoms with Gasteiger partial charge in [0.25, 0.3) is 0 Å². The van der Waals surface area contributed by atoms with E-state index < -0.39 is 0 Å². The second kappa shape index (κ2) is 6.59. The van der Waals surface area contributed by atoms with Crippen LogP contribution in [0.1, 0.15) is 12.0 Å². The highest BCUT2D eigenvalue weighted by molar-refractivity contribution is 5.04. The van der Waals surface area contributed by atoms with Crippen molar-refractivity contribution in [3.8, 4) is 0 Å². The maximum Gasteiger partial charge on any atom is 0.0947 e. The molecule has 0 aliphatic rings. The number of methoxy groups -OCH3 is 1. The fourth-order valence-corrected chi connectivity index (χ4v) is 1.26. The number of rotatable bonds is 7. The summed E-state index contributed by atoms with van der Waals surface area (Å²) in [5.74, 6) is 0. The van der Waals surface area contributed by atoms with Crippen molar-refractivity contribution in [2.75, 3.05) is 20.3 Å². The van der Waals surface area contributed by atoms with Gasteiger partial charge in [-0.15, -0.1) is 0 Å². The maximum atomic E-state index is 8.81. The van der Waals surface area contributed by atoms with Crippen molar-refractivity contribution in [2.24, 2.45) is 0 Å². The standard InChI is InChI=1S/C10H17NO3/c1-13-8-10(2-4-12)11-6-9-3-5-14-7-9/h3,5,7,10-12H,2,4,6,8H2,1H3. The maximum absolute atomic E-state index is 8.81. The normalized spacial score (nSPS) is 13.0. The summed E-state index contributed by atoms with van der Waals surface area (Å²) in [6.45, 7) is 1.52. The molecule has 0 aliphatic heterocycles. The van der Waals surface area contributed by atoms with E-state index in [2.05, 4.69) is 5.32 Å². The van der Waals surface area contributed by atoms with E-state index in [1.807, 2.05) is 6.07 Å². The molecule has 1 rings (SSSR count). The van der Waals surface area contributed by atoms with E-state index in [4.69, 9.17) is 14.3 Å². The molecule has 0 spiro atoms. The molecule has 80 valence electrons. The average Bonchev–Trinajstić information content (AvgIpc) is 2.67. The Morgan fingerprint density at radius 1 is 1.64 bits per heavy atom. The molecule has 14 heavy (non-hydrogen) atoms.